The molecule has 0 saturated carbocycles. The zero-order chi connectivity index (χ0) is 13.1. The van der Waals surface area contributed by atoms with Crippen LogP contribution in [0.5, 0.6) is 0 Å². The number of rotatable bonds is 5. The Morgan fingerprint density at radius 2 is 2.22 bits per heavy atom. The van der Waals surface area contributed by atoms with Gasteiger partial charge in [-0.1, -0.05) is 0 Å². The van der Waals surface area contributed by atoms with Gasteiger partial charge in [0.2, 0.25) is 0 Å². The van der Waals surface area contributed by atoms with Gasteiger partial charge in [0.1, 0.15) is 9.88 Å². The van der Waals surface area contributed by atoms with Gasteiger partial charge in [0.15, 0.2) is 0 Å². The molecule has 2 aromatic heterocycles. The third-order valence-corrected chi connectivity index (χ3v) is 4.54. The first-order valence-corrected chi connectivity index (χ1v) is 7.20. The molecule has 0 aliphatic heterocycles. The van der Waals surface area contributed by atoms with Crippen molar-refractivity contribution >= 4 is 28.6 Å². The summed E-state index contributed by atoms with van der Waals surface area (Å²) in [4.78, 5) is 16.7. The molecule has 0 unspecified atom stereocenters. The van der Waals surface area contributed by atoms with Crippen LogP contribution in [0.4, 0.5) is 0 Å². The van der Waals surface area contributed by atoms with E-state index in [4.69, 9.17) is 5.11 Å². The summed E-state index contributed by atoms with van der Waals surface area (Å²) in [7, 11) is 0. The number of hydrogen-bond donors (Lipinski definition) is 2. The van der Waals surface area contributed by atoms with Gasteiger partial charge in [0.25, 0.3) is 0 Å². The predicted molar refractivity (Wildman–Crippen MR) is 73.4 cm³/mol. The molecule has 0 fully saturated rings. The molecule has 6 heteroatoms. The molecule has 0 amide bonds. The fraction of sp³-hybridized carbons (Fsp3) is 0.333. The number of carbonyl (C=O) groups is 1. The standard InChI is InChI=1S/C12H14N2O2S2/c1-7-6-17-11(14-7)5-13-4-9-3-10(12(15)16)18-8(9)2/h3,6,13H,4-5H2,1-2H3,(H,15,16). The maximum atomic E-state index is 10.8. The van der Waals surface area contributed by atoms with Crippen LogP contribution >= 0.6 is 22.7 Å². The third-order valence-electron chi connectivity index (χ3n) is 2.49. The van der Waals surface area contributed by atoms with Crippen molar-refractivity contribution in [2.75, 3.05) is 0 Å². The number of carboxylic acids is 1. The normalized spacial score (nSPS) is 10.8. The topological polar surface area (TPSA) is 62.2 Å². The van der Waals surface area contributed by atoms with E-state index in [0.29, 0.717) is 11.4 Å². The number of thiophene rings is 1. The number of thiazole rings is 1. The SMILES string of the molecule is Cc1csc(CNCc2cc(C(=O)O)sc2C)n1. The molecule has 2 aromatic rings. The van der Waals surface area contributed by atoms with Gasteiger partial charge < -0.3 is 10.4 Å². The second kappa shape index (κ2) is 5.60. The lowest BCUT2D eigenvalue weighted by Gasteiger charge is -2.01. The Morgan fingerprint density at radius 1 is 1.44 bits per heavy atom. The van der Waals surface area contributed by atoms with Gasteiger partial charge in [0.05, 0.1) is 0 Å². The minimum absolute atomic E-state index is 0.398. The Kier molecular flexibility index (Phi) is 4.11. The van der Waals surface area contributed by atoms with Crippen LogP contribution in [0.15, 0.2) is 11.4 Å². The minimum Gasteiger partial charge on any atom is -0.477 e. The second-order valence-corrected chi connectivity index (χ2v) is 6.18. The number of aromatic carboxylic acids is 1. The van der Waals surface area contributed by atoms with E-state index in [1.165, 1.54) is 11.3 Å². The average Bonchev–Trinajstić information content (AvgIpc) is 2.87. The first-order valence-electron chi connectivity index (χ1n) is 5.50. The summed E-state index contributed by atoms with van der Waals surface area (Å²) in [6, 6.07) is 1.74. The molecule has 0 bridgehead atoms. The Balaban J connectivity index is 1.92. The molecule has 0 aliphatic rings. The highest BCUT2D eigenvalue weighted by molar-refractivity contribution is 7.14. The Morgan fingerprint density at radius 3 is 2.78 bits per heavy atom. The monoisotopic (exact) mass is 282 g/mol. The van der Waals surface area contributed by atoms with Crippen molar-refractivity contribution in [3.63, 3.8) is 0 Å². The van der Waals surface area contributed by atoms with E-state index in [1.54, 1.807) is 17.4 Å². The number of nitrogens with zero attached hydrogens (tertiary/aromatic N) is 1. The fourth-order valence-corrected chi connectivity index (χ4v) is 3.21. The highest BCUT2D eigenvalue weighted by Gasteiger charge is 2.10. The van der Waals surface area contributed by atoms with Crippen molar-refractivity contribution in [2.24, 2.45) is 0 Å². The number of nitrogens with one attached hydrogen (secondary N) is 1. The number of carboxylic acid groups (broad SMARTS) is 1. The summed E-state index contributed by atoms with van der Waals surface area (Å²) >= 11 is 2.95. The first kappa shape index (κ1) is 13.2. The summed E-state index contributed by atoms with van der Waals surface area (Å²) < 4.78 is 0. The van der Waals surface area contributed by atoms with Gasteiger partial charge in [-0.15, -0.1) is 22.7 Å². The van der Waals surface area contributed by atoms with Crippen molar-refractivity contribution in [1.82, 2.24) is 10.3 Å². The molecular formula is C12H14N2O2S2. The predicted octanol–water partition coefficient (Wildman–Crippen LogP) is 2.81. The van der Waals surface area contributed by atoms with Crippen molar-refractivity contribution < 1.29 is 9.90 Å². The molecule has 4 nitrogen and oxygen atoms in total. The molecule has 0 aromatic carbocycles. The van der Waals surface area contributed by atoms with Crippen LogP contribution in [-0.2, 0) is 13.1 Å². The smallest absolute Gasteiger partial charge is 0.345 e. The van der Waals surface area contributed by atoms with Gasteiger partial charge in [0, 0.05) is 29.0 Å². The summed E-state index contributed by atoms with van der Waals surface area (Å²) in [5, 5.41) is 15.3. The number of hydrogen-bond acceptors (Lipinski definition) is 5. The number of aromatic nitrogens is 1. The van der Waals surface area contributed by atoms with E-state index in [1.807, 2.05) is 19.2 Å². The minimum atomic E-state index is -0.857. The zero-order valence-electron chi connectivity index (χ0n) is 10.2. The van der Waals surface area contributed by atoms with Gasteiger partial charge in [-0.2, -0.15) is 0 Å². The molecule has 96 valence electrons. The second-order valence-electron chi connectivity index (χ2n) is 3.98. The third kappa shape index (κ3) is 3.16. The van der Waals surface area contributed by atoms with Crippen molar-refractivity contribution in [2.45, 2.75) is 26.9 Å². The van der Waals surface area contributed by atoms with Crippen molar-refractivity contribution in [3.8, 4) is 0 Å². The molecule has 0 saturated heterocycles. The van der Waals surface area contributed by atoms with E-state index in [0.717, 1.165) is 27.7 Å². The van der Waals surface area contributed by atoms with Gasteiger partial charge in [-0.25, -0.2) is 9.78 Å². The van der Waals surface area contributed by atoms with E-state index >= 15 is 0 Å². The van der Waals surface area contributed by atoms with Gasteiger partial charge >= 0.3 is 5.97 Å². The van der Waals surface area contributed by atoms with Crippen LogP contribution in [0.2, 0.25) is 0 Å². The maximum absolute atomic E-state index is 10.8. The summed E-state index contributed by atoms with van der Waals surface area (Å²) in [5.74, 6) is -0.857. The zero-order valence-corrected chi connectivity index (χ0v) is 11.8. The largest absolute Gasteiger partial charge is 0.477 e. The highest BCUT2D eigenvalue weighted by Crippen LogP contribution is 2.21. The summed E-state index contributed by atoms with van der Waals surface area (Å²) in [6.07, 6.45) is 0. The molecule has 0 spiro atoms. The molecule has 2 N–H and O–H groups in total. The van der Waals surface area contributed by atoms with Gasteiger partial charge in [-0.05, 0) is 25.5 Å². The van der Waals surface area contributed by atoms with E-state index < -0.39 is 5.97 Å². The lowest BCUT2D eigenvalue weighted by atomic mass is 10.2. The average molecular weight is 282 g/mol. The number of aryl methyl sites for hydroxylation is 2. The van der Waals surface area contributed by atoms with E-state index in [2.05, 4.69) is 10.3 Å². The van der Waals surface area contributed by atoms with E-state index in [9.17, 15) is 4.79 Å². The van der Waals surface area contributed by atoms with Crippen LogP contribution < -0.4 is 5.32 Å². The summed E-state index contributed by atoms with van der Waals surface area (Å²) in [6.45, 7) is 5.31. The Hall–Kier alpha value is -1.24. The molecular weight excluding hydrogens is 268 g/mol. The van der Waals surface area contributed by atoms with Crippen LogP contribution in [-0.4, -0.2) is 16.1 Å². The fourth-order valence-electron chi connectivity index (χ4n) is 1.59. The highest BCUT2D eigenvalue weighted by atomic mass is 32.1. The molecule has 2 rings (SSSR count). The Labute approximate surface area is 113 Å². The molecule has 0 atom stereocenters. The van der Waals surface area contributed by atoms with Crippen molar-refractivity contribution in [3.05, 3.63) is 37.5 Å². The lowest BCUT2D eigenvalue weighted by molar-refractivity contribution is 0.0702. The molecule has 2 heterocycles. The van der Waals surface area contributed by atoms with Crippen LogP contribution in [0.25, 0.3) is 0 Å². The van der Waals surface area contributed by atoms with Crippen LogP contribution in [0.3, 0.4) is 0 Å². The van der Waals surface area contributed by atoms with Gasteiger partial charge in [-0.3, -0.25) is 0 Å². The molecule has 0 aliphatic carbocycles. The Bertz CT molecular complexity index is 560. The first-order chi connectivity index (χ1) is 8.56. The molecule has 0 radical (unpaired) electrons. The summed E-state index contributed by atoms with van der Waals surface area (Å²) in [5.41, 5.74) is 2.09. The molecule has 18 heavy (non-hydrogen) atoms. The van der Waals surface area contributed by atoms with Crippen molar-refractivity contribution in [1.29, 1.82) is 0 Å². The van der Waals surface area contributed by atoms with E-state index in [-0.39, 0.29) is 0 Å². The lowest BCUT2D eigenvalue weighted by Crippen LogP contribution is -2.12. The maximum Gasteiger partial charge on any atom is 0.345 e. The van der Waals surface area contributed by atoms with Crippen LogP contribution in [0.1, 0.15) is 30.8 Å². The quantitative estimate of drug-likeness (QED) is 0.885. The van der Waals surface area contributed by atoms with Crippen LogP contribution in [0, 0.1) is 13.8 Å².